The Morgan fingerprint density at radius 3 is 2.35 bits per heavy atom. The molecule has 0 unspecified atom stereocenters. The van der Waals surface area contributed by atoms with E-state index < -0.39 is 9.84 Å². The van der Waals surface area contributed by atoms with E-state index in [-0.39, 0.29) is 31.1 Å². The first kappa shape index (κ1) is 12.8. The summed E-state index contributed by atoms with van der Waals surface area (Å²) in [4.78, 5) is 7.85. The Morgan fingerprint density at radius 1 is 1.12 bits per heavy atom. The van der Waals surface area contributed by atoms with Gasteiger partial charge in [-0.25, -0.2) is 18.4 Å². The van der Waals surface area contributed by atoms with Crippen LogP contribution in [0.4, 0.5) is 0 Å². The van der Waals surface area contributed by atoms with Gasteiger partial charge in [0.1, 0.15) is 11.0 Å². The highest BCUT2D eigenvalue weighted by atomic mass is 35.5. The lowest BCUT2D eigenvalue weighted by atomic mass is 10.3. The molecule has 17 heavy (non-hydrogen) atoms. The van der Waals surface area contributed by atoms with Crippen molar-refractivity contribution in [2.45, 2.75) is 5.03 Å². The molecule has 0 spiro atoms. The molecule has 0 atom stereocenters. The Hall–Kier alpha value is -0.620. The molecule has 0 aliphatic heterocycles. The third kappa shape index (κ3) is 2.33. The smallest absolute Gasteiger partial charge is 0.194 e. The van der Waals surface area contributed by atoms with Crippen LogP contribution in [0.2, 0.25) is 15.1 Å². The molecule has 1 aromatic heterocycles. The van der Waals surface area contributed by atoms with Gasteiger partial charge in [0, 0.05) is 6.26 Å². The Morgan fingerprint density at radius 2 is 1.76 bits per heavy atom. The molecule has 4 nitrogen and oxygen atoms in total. The summed E-state index contributed by atoms with van der Waals surface area (Å²) in [5.41, 5.74) is 0.487. The Bertz CT molecular complexity index is 716. The van der Waals surface area contributed by atoms with Gasteiger partial charge in [0.2, 0.25) is 0 Å². The zero-order chi connectivity index (χ0) is 12.8. The fourth-order valence-corrected chi connectivity index (χ4v) is 2.42. The number of rotatable bonds is 1. The number of aromatic nitrogens is 2. The van der Waals surface area contributed by atoms with Gasteiger partial charge in [-0.1, -0.05) is 34.8 Å². The molecule has 0 radical (unpaired) electrons. The molecule has 2 aromatic rings. The van der Waals surface area contributed by atoms with Crippen molar-refractivity contribution in [3.05, 3.63) is 27.3 Å². The molecule has 0 fully saturated rings. The first-order chi connectivity index (χ1) is 7.80. The zero-order valence-corrected chi connectivity index (χ0v) is 11.5. The molecule has 0 amide bonds. The maximum Gasteiger partial charge on any atom is 0.194 e. The van der Waals surface area contributed by atoms with Crippen LogP contribution in [0.3, 0.4) is 0 Å². The molecule has 0 aliphatic carbocycles. The maximum absolute atomic E-state index is 11.3. The molecular weight excluding hydrogens is 307 g/mol. The third-order valence-corrected chi connectivity index (χ3v) is 4.05. The lowest BCUT2D eigenvalue weighted by Gasteiger charge is -2.05. The van der Waals surface area contributed by atoms with Crippen molar-refractivity contribution in [3.63, 3.8) is 0 Å². The lowest BCUT2D eigenvalue weighted by molar-refractivity contribution is 0.598. The molecule has 1 aromatic carbocycles. The van der Waals surface area contributed by atoms with E-state index in [0.717, 1.165) is 12.5 Å². The van der Waals surface area contributed by atoms with Crippen molar-refractivity contribution >= 4 is 55.7 Å². The van der Waals surface area contributed by atoms with Gasteiger partial charge in [0.25, 0.3) is 0 Å². The van der Waals surface area contributed by atoms with Gasteiger partial charge in [-0.2, -0.15) is 0 Å². The summed E-state index contributed by atoms with van der Waals surface area (Å²) in [6.45, 7) is 0. The van der Waals surface area contributed by atoms with Crippen molar-refractivity contribution in [1.82, 2.24) is 9.97 Å². The molecule has 0 saturated carbocycles. The highest BCUT2D eigenvalue weighted by Crippen LogP contribution is 2.33. The number of hydrogen-bond acceptors (Lipinski definition) is 4. The zero-order valence-electron chi connectivity index (χ0n) is 8.41. The first-order valence-corrected chi connectivity index (χ1v) is 7.33. The minimum absolute atomic E-state index is 0.162. The fourth-order valence-electron chi connectivity index (χ4n) is 1.23. The Balaban J connectivity index is 2.89. The topological polar surface area (TPSA) is 59.9 Å². The quantitative estimate of drug-likeness (QED) is 0.760. The maximum atomic E-state index is 11.3. The monoisotopic (exact) mass is 310 g/mol. The van der Waals surface area contributed by atoms with E-state index in [1.807, 2.05) is 0 Å². The van der Waals surface area contributed by atoms with Crippen LogP contribution in [-0.2, 0) is 9.84 Å². The summed E-state index contributed by atoms with van der Waals surface area (Å²) in [6, 6.07) is 1.40. The number of halogens is 3. The SMILES string of the molecule is CS(=O)(=O)c1cnc2c(Cl)c(Cl)cc(Cl)c2n1. The lowest BCUT2D eigenvalue weighted by Crippen LogP contribution is -2.02. The largest absolute Gasteiger partial charge is 0.250 e. The molecular formula is C9H5Cl3N2O2S. The van der Waals surface area contributed by atoms with Gasteiger partial charge in [-0.3, -0.25) is 0 Å². The summed E-state index contributed by atoms with van der Waals surface area (Å²) >= 11 is 17.7. The predicted octanol–water partition coefficient (Wildman–Crippen LogP) is 2.99. The number of nitrogens with zero attached hydrogens (tertiary/aromatic N) is 2. The molecule has 0 N–H and O–H groups in total. The van der Waals surface area contributed by atoms with Crippen molar-refractivity contribution in [1.29, 1.82) is 0 Å². The highest BCUT2D eigenvalue weighted by molar-refractivity contribution is 7.90. The van der Waals surface area contributed by atoms with Crippen LogP contribution < -0.4 is 0 Å². The predicted molar refractivity (Wildman–Crippen MR) is 67.7 cm³/mol. The summed E-state index contributed by atoms with van der Waals surface area (Å²) in [6.07, 6.45) is 2.16. The van der Waals surface area contributed by atoms with Crippen LogP contribution in [0.25, 0.3) is 11.0 Å². The fraction of sp³-hybridized carbons (Fsp3) is 0.111. The Labute approximate surface area is 112 Å². The summed E-state index contributed by atoms with van der Waals surface area (Å²) < 4.78 is 22.7. The molecule has 0 saturated heterocycles. The second-order valence-corrected chi connectivity index (χ2v) is 6.49. The number of fused-ring (bicyclic) bond motifs is 1. The van der Waals surface area contributed by atoms with Crippen molar-refractivity contribution in [3.8, 4) is 0 Å². The van der Waals surface area contributed by atoms with Crippen LogP contribution in [0.1, 0.15) is 0 Å². The van der Waals surface area contributed by atoms with Gasteiger partial charge in [-0.05, 0) is 6.07 Å². The average molecular weight is 312 g/mol. The standard InChI is InChI=1S/C9H5Cl3N2O2S/c1-17(15,16)6-3-13-9-7(12)4(10)2-5(11)8(9)14-6/h2-3H,1H3. The number of sulfone groups is 1. The Kier molecular flexibility index (Phi) is 3.20. The van der Waals surface area contributed by atoms with E-state index in [1.165, 1.54) is 6.07 Å². The normalized spacial score (nSPS) is 12.0. The first-order valence-electron chi connectivity index (χ1n) is 4.31. The van der Waals surface area contributed by atoms with Crippen LogP contribution in [0.15, 0.2) is 17.3 Å². The number of benzene rings is 1. The minimum Gasteiger partial charge on any atom is -0.250 e. The second-order valence-electron chi connectivity index (χ2n) is 3.33. The van der Waals surface area contributed by atoms with E-state index in [4.69, 9.17) is 34.8 Å². The average Bonchev–Trinajstić information content (AvgIpc) is 2.24. The van der Waals surface area contributed by atoms with Crippen molar-refractivity contribution < 1.29 is 8.42 Å². The van der Waals surface area contributed by atoms with Gasteiger partial charge in [0.05, 0.1) is 21.3 Å². The van der Waals surface area contributed by atoms with Gasteiger partial charge in [0.15, 0.2) is 14.9 Å². The highest BCUT2D eigenvalue weighted by Gasteiger charge is 2.15. The van der Waals surface area contributed by atoms with E-state index in [2.05, 4.69) is 9.97 Å². The van der Waals surface area contributed by atoms with E-state index in [9.17, 15) is 8.42 Å². The third-order valence-electron chi connectivity index (χ3n) is 2.03. The van der Waals surface area contributed by atoms with Crippen LogP contribution >= 0.6 is 34.8 Å². The molecule has 2 rings (SSSR count). The van der Waals surface area contributed by atoms with Crippen molar-refractivity contribution in [2.24, 2.45) is 0 Å². The molecule has 0 bridgehead atoms. The van der Waals surface area contributed by atoms with Crippen LogP contribution in [0.5, 0.6) is 0 Å². The van der Waals surface area contributed by atoms with Crippen molar-refractivity contribution in [2.75, 3.05) is 6.26 Å². The molecule has 1 heterocycles. The minimum atomic E-state index is -3.44. The number of hydrogen-bond donors (Lipinski definition) is 0. The van der Waals surface area contributed by atoms with Gasteiger partial charge >= 0.3 is 0 Å². The van der Waals surface area contributed by atoms with E-state index >= 15 is 0 Å². The molecule has 0 aliphatic rings. The van der Waals surface area contributed by atoms with Crippen LogP contribution in [0, 0.1) is 0 Å². The van der Waals surface area contributed by atoms with E-state index in [1.54, 1.807) is 0 Å². The summed E-state index contributed by atoms with van der Waals surface area (Å²) in [7, 11) is -3.44. The molecule has 90 valence electrons. The van der Waals surface area contributed by atoms with Crippen LogP contribution in [-0.4, -0.2) is 24.6 Å². The summed E-state index contributed by atoms with van der Waals surface area (Å²) in [5.74, 6) is 0. The van der Waals surface area contributed by atoms with Gasteiger partial charge < -0.3 is 0 Å². The second kappa shape index (κ2) is 4.24. The molecule has 8 heteroatoms. The summed E-state index contributed by atoms with van der Waals surface area (Å²) in [5, 5.41) is 0.474. The van der Waals surface area contributed by atoms with Gasteiger partial charge in [-0.15, -0.1) is 0 Å². The van der Waals surface area contributed by atoms with E-state index in [0.29, 0.717) is 0 Å².